The summed E-state index contributed by atoms with van der Waals surface area (Å²) in [5.41, 5.74) is 2.74. The Morgan fingerprint density at radius 3 is 2.79 bits per heavy atom. The fourth-order valence-electron chi connectivity index (χ4n) is 1.71. The Labute approximate surface area is 116 Å². The topological polar surface area (TPSA) is 54.0 Å². The van der Waals surface area contributed by atoms with E-state index in [0.717, 1.165) is 11.4 Å². The van der Waals surface area contributed by atoms with Crippen LogP contribution in [0, 0.1) is 6.92 Å². The number of nitrogens with zero attached hydrogens (tertiary/aromatic N) is 1. The van der Waals surface area contributed by atoms with Gasteiger partial charge in [0.15, 0.2) is 0 Å². The summed E-state index contributed by atoms with van der Waals surface area (Å²) in [7, 11) is 1.77. The highest BCUT2D eigenvalue weighted by molar-refractivity contribution is 6.31. The number of pyridine rings is 1. The molecule has 1 aromatic carbocycles. The van der Waals surface area contributed by atoms with E-state index in [4.69, 9.17) is 11.6 Å². The second-order valence-electron chi connectivity index (χ2n) is 4.09. The Balaban J connectivity index is 2.25. The molecule has 0 saturated heterocycles. The lowest BCUT2D eigenvalue weighted by Crippen LogP contribution is -2.14. The smallest absolute Gasteiger partial charge is 0.259 e. The monoisotopic (exact) mass is 275 g/mol. The van der Waals surface area contributed by atoms with E-state index in [1.807, 2.05) is 13.0 Å². The maximum absolute atomic E-state index is 12.2. The van der Waals surface area contributed by atoms with E-state index in [1.165, 1.54) is 0 Å². The van der Waals surface area contributed by atoms with E-state index < -0.39 is 0 Å². The van der Waals surface area contributed by atoms with E-state index in [1.54, 1.807) is 37.5 Å². The molecule has 0 unspecified atom stereocenters. The van der Waals surface area contributed by atoms with Crippen molar-refractivity contribution in [2.24, 2.45) is 0 Å². The van der Waals surface area contributed by atoms with Gasteiger partial charge in [0.1, 0.15) is 0 Å². The van der Waals surface area contributed by atoms with Gasteiger partial charge >= 0.3 is 0 Å². The average molecular weight is 276 g/mol. The summed E-state index contributed by atoms with van der Waals surface area (Å²) in [5.74, 6) is -0.223. The first kappa shape index (κ1) is 13.4. The van der Waals surface area contributed by atoms with Crippen LogP contribution >= 0.6 is 11.6 Å². The van der Waals surface area contributed by atoms with Crippen LogP contribution in [-0.4, -0.2) is 17.9 Å². The van der Waals surface area contributed by atoms with Crippen LogP contribution in [0.3, 0.4) is 0 Å². The summed E-state index contributed by atoms with van der Waals surface area (Å²) < 4.78 is 0. The highest BCUT2D eigenvalue weighted by Crippen LogP contribution is 2.19. The Kier molecular flexibility index (Phi) is 4.02. The average Bonchev–Trinajstić information content (AvgIpc) is 2.38. The molecule has 2 aromatic rings. The number of carbonyl (C=O) groups excluding carboxylic acids is 1. The minimum absolute atomic E-state index is 0.223. The summed E-state index contributed by atoms with van der Waals surface area (Å²) >= 11 is 5.88. The number of anilines is 2. The molecular formula is C14H14ClN3O. The fraction of sp³-hybridized carbons (Fsp3) is 0.143. The molecule has 2 N–H and O–H groups in total. The van der Waals surface area contributed by atoms with Crippen LogP contribution in [0.4, 0.5) is 11.4 Å². The van der Waals surface area contributed by atoms with Crippen molar-refractivity contribution in [3.05, 3.63) is 52.8 Å². The highest BCUT2D eigenvalue weighted by atomic mass is 35.5. The van der Waals surface area contributed by atoms with Gasteiger partial charge in [-0.3, -0.25) is 9.78 Å². The number of carbonyl (C=O) groups is 1. The number of aryl methyl sites for hydroxylation is 1. The molecule has 4 nitrogen and oxygen atoms in total. The normalized spacial score (nSPS) is 10.1. The van der Waals surface area contributed by atoms with Crippen LogP contribution in [-0.2, 0) is 0 Å². The van der Waals surface area contributed by atoms with Crippen molar-refractivity contribution < 1.29 is 4.79 Å². The zero-order chi connectivity index (χ0) is 13.8. The molecule has 98 valence electrons. The van der Waals surface area contributed by atoms with Crippen molar-refractivity contribution >= 4 is 28.9 Å². The number of amides is 1. The fourth-order valence-corrected chi connectivity index (χ4v) is 1.90. The maximum Gasteiger partial charge on any atom is 0.259 e. The summed E-state index contributed by atoms with van der Waals surface area (Å²) in [6, 6.07) is 8.84. The molecule has 0 aliphatic heterocycles. The van der Waals surface area contributed by atoms with Crippen LogP contribution in [0.2, 0.25) is 5.02 Å². The van der Waals surface area contributed by atoms with Gasteiger partial charge in [-0.1, -0.05) is 17.7 Å². The maximum atomic E-state index is 12.2. The standard InChI is InChI=1S/C14H14ClN3O/c1-9-6-13(16-2)12(8-17-9)14(19)18-11-5-3-4-10(15)7-11/h3-8H,1-2H3,(H,16,17)(H,18,19). The number of hydrogen-bond donors (Lipinski definition) is 2. The molecule has 5 heteroatoms. The van der Waals surface area contributed by atoms with Crippen LogP contribution in [0.15, 0.2) is 36.5 Å². The molecule has 0 fully saturated rings. The van der Waals surface area contributed by atoms with Crippen molar-refractivity contribution in [2.45, 2.75) is 6.92 Å². The molecule has 1 heterocycles. The predicted molar refractivity (Wildman–Crippen MR) is 77.9 cm³/mol. The quantitative estimate of drug-likeness (QED) is 0.903. The van der Waals surface area contributed by atoms with Crippen molar-refractivity contribution in [3.8, 4) is 0 Å². The lowest BCUT2D eigenvalue weighted by Gasteiger charge is -2.10. The summed E-state index contributed by atoms with van der Waals surface area (Å²) in [4.78, 5) is 16.3. The van der Waals surface area contributed by atoms with Crippen molar-refractivity contribution in [1.29, 1.82) is 0 Å². The van der Waals surface area contributed by atoms with E-state index in [0.29, 0.717) is 16.3 Å². The van der Waals surface area contributed by atoms with Crippen LogP contribution in [0.25, 0.3) is 0 Å². The molecule has 0 aliphatic carbocycles. The Morgan fingerprint density at radius 1 is 1.32 bits per heavy atom. The molecule has 1 amide bonds. The largest absolute Gasteiger partial charge is 0.387 e. The highest BCUT2D eigenvalue weighted by Gasteiger charge is 2.12. The number of nitrogens with one attached hydrogen (secondary N) is 2. The predicted octanol–water partition coefficient (Wildman–Crippen LogP) is 3.34. The molecule has 0 spiro atoms. The zero-order valence-corrected chi connectivity index (χ0v) is 11.5. The van der Waals surface area contributed by atoms with E-state index in [-0.39, 0.29) is 5.91 Å². The van der Waals surface area contributed by atoms with Gasteiger partial charge in [-0.2, -0.15) is 0 Å². The second kappa shape index (κ2) is 5.71. The summed E-state index contributed by atoms with van der Waals surface area (Å²) in [6.07, 6.45) is 1.56. The number of benzene rings is 1. The number of aromatic nitrogens is 1. The lowest BCUT2D eigenvalue weighted by molar-refractivity contribution is 0.102. The molecule has 0 saturated carbocycles. The first-order chi connectivity index (χ1) is 9.10. The lowest BCUT2D eigenvalue weighted by atomic mass is 10.2. The van der Waals surface area contributed by atoms with Crippen LogP contribution in [0.1, 0.15) is 16.1 Å². The Bertz CT molecular complexity index is 613. The molecule has 0 bridgehead atoms. The van der Waals surface area contributed by atoms with E-state index >= 15 is 0 Å². The number of hydrogen-bond acceptors (Lipinski definition) is 3. The zero-order valence-electron chi connectivity index (χ0n) is 10.7. The van der Waals surface area contributed by atoms with Gasteiger partial charge in [-0.15, -0.1) is 0 Å². The number of halogens is 1. The summed E-state index contributed by atoms with van der Waals surface area (Å²) in [6.45, 7) is 1.87. The summed E-state index contributed by atoms with van der Waals surface area (Å²) in [5, 5.41) is 6.35. The Hall–Kier alpha value is -2.07. The van der Waals surface area contributed by atoms with Crippen molar-refractivity contribution in [1.82, 2.24) is 4.98 Å². The first-order valence-corrected chi connectivity index (χ1v) is 6.19. The van der Waals surface area contributed by atoms with Gasteiger partial charge < -0.3 is 10.6 Å². The van der Waals surface area contributed by atoms with E-state index in [9.17, 15) is 4.79 Å². The molecular weight excluding hydrogens is 262 g/mol. The number of rotatable bonds is 3. The SMILES string of the molecule is CNc1cc(C)ncc1C(=O)Nc1cccc(Cl)c1. The third-order valence-corrected chi connectivity index (χ3v) is 2.87. The van der Waals surface area contributed by atoms with Crippen LogP contribution in [0.5, 0.6) is 0 Å². The first-order valence-electron chi connectivity index (χ1n) is 5.81. The van der Waals surface area contributed by atoms with Gasteiger partial charge in [0.05, 0.1) is 11.3 Å². The minimum Gasteiger partial charge on any atom is -0.387 e. The van der Waals surface area contributed by atoms with Gasteiger partial charge in [0.2, 0.25) is 0 Å². The third kappa shape index (κ3) is 3.23. The van der Waals surface area contributed by atoms with Gasteiger partial charge in [0.25, 0.3) is 5.91 Å². The van der Waals surface area contributed by atoms with Crippen molar-refractivity contribution in [3.63, 3.8) is 0 Å². The third-order valence-electron chi connectivity index (χ3n) is 2.64. The van der Waals surface area contributed by atoms with Gasteiger partial charge in [0, 0.05) is 29.6 Å². The van der Waals surface area contributed by atoms with E-state index in [2.05, 4.69) is 15.6 Å². The van der Waals surface area contributed by atoms with Crippen LogP contribution < -0.4 is 10.6 Å². The van der Waals surface area contributed by atoms with Gasteiger partial charge in [-0.25, -0.2) is 0 Å². The molecule has 0 atom stereocenters. The Morgan fingerprint density at radius 2 is 2.11 bits per heavy atom. The van der Waals surface area contributed by atoms with Crippen molar-refractivity contribution in [2.75, 3.05) is 17.7 Å². The molecule has 2 rings (SSSR count). The molecule has 19 heavy (non-hydrogen) atoms. The molecule has 0 radical (unpaired) electrons. The van der Waals surface area contributed by atoms with Gasteiger partial charge in [-0.05, 0) is 31.2 Å². The molecule has 0 aliphatic rings. The minimum atomic E-state index is -0.223. The second-order valence-corrected chi connectivity index (χ2v) is 4.52. The molecule has 1 aromatic heterocycles.